The van der Waals surface area contributed by atoms with E-state index in [9.17, 15) is 4.39 Å². The number of hydrogen-bond donors (Lipinski definition) is 1. The van der Waals surface area contributed by atoms with Gasteiger partial charge in [-0.1, -0.05) is 0 Å². The monoisotopic (exact) mass is 244 g/mol. The molecule has 0 bridgehead atoms. The van der Waals surface area contributed by atoms with E-state index in [1.54, 1.807) is 6.07 Å². The average Bonchev–Trinajstić information content (AvgIpc) is 2.33. The molecule has 3 heteroatoms. The first-order chi connectivity index (χ1) is 8.50. The average molecular weight is 244 g/mol. The first-order valence-corrected chi connectivity index (χ1v) is 6.35. The van der Waals surface area contributed by atoms with Gasteiger partial charge in [0.2, 0.25) is 0 Å². The summed E-state index contributed by atoms with van der Waals surface area (Å²) in [6, 6.07) is 1.59. The van der Waals surface area contributed by atoms with E-state index in [2.05, 4.69) is 11.9 Å². The number of hydrogen-bond acceptors (Lipinski definition) is 2. The van der Waals surface area contributed by atoms with E-state index in [1.807, 2.05) is 13.8 Å². The predicted octanol–water partition coefficient (Wildman–Crippen LogP) is 3.25. The number of halogens is 1. The Kier molecular flexibility index (Phi) is 2.42. The molecule has 2 N–H and O–H groups in total. The van der Waals surface area contributed by atoms with Crippen LogP contribution in [-0.2, 0) is 6.42 Å². The molecule has 0 saturated carbocycles. The van der Waals surface area contributed by atoms with Gasteiger partial charge in [-0.25, -0.2) is 4.39 Å². The maximum Gasteiger partial charge on any atom is 0.128 e. The van der Waals surface area contributed by atoms with Gasteiger partial charge in [-0.05, 0) is 55.9 Å². The second-order valence-electron chi connectivity index (χ2n) is 5.24. The highest BCUT2D eigenvalue weighted by atomic mass is 19.1. The molecule has 2 aromatic rings. The lowest BCUT2D eigenvalue weighted by Gasteiger charge is -2.26. The van der Waals surface area contributed by atoms with Crippen molar-refractivity contribution in [2.45, 2.75) is 39.7 Å². The van der Waals surface area contributed by atoms with E-state index in [0.29, 0.717) is 0 Å². The standard InChI is InChI=1S/C15H17FN2/c1-7-9(3)18-13-6-11(16)8(2)10-4-5-12(17)14(7)15(10)13/h6,12H,4-5,17H2,1-3H3. The molecule has 94 valence electrons. The molecule has 1 aromatic carbocycles. The Morgan fingerprint density at radius 2 is 2.00 bits per heavy atom. The molecular weight excluding hydrogens is 227 g/mol. The Labute approximate surface area is 106 Å². The van der Waals surface area contributed by atoms with Crippen LogP contribution in [0.15, 0.2) is 6.07 Å². The van der Waals surface area contributed by atoms with Gasteiger partial charge in [0, 0.05) is 23.2 Å². The molecule has 18 heavy (non-hydrogen) atoms. The fourth-order valence-electron chi connectivity index (χ4n) is 3.04. The van der Waals surface area contributed by atoms with Gasteiger partial charge in [0.1, 0.15) is 5.82 Å². The van der Waals surface area contributed by atoms with Crippen LogP contribution in [0.4, 0.5) is 4.39 Å². The van der Waals surface area contributed by atoms with Crippen molar-refractivity contribution in [3.63, 3.8) is 0 Å². The number of aromatic nitrogens is 1. The summed E-state index contributed by atoms with van der Waals surface area (Å²) in [5, 5.41) is 1.09. The molecule has 0 amide bonds. The van der Waals surface area contributed by atoms with Crippen molar-refractivity contribution >= 4 is 10.9 Å². The molecule has 0 saturated heterocycles. The third-order valence-electron chi connectivity index (χ3n) is 4.21. The van der Waals surface area contributed by atoms with E-state index < -0.39 is 0 Å². The molecule has 3 rings (SSSR count). The lowest BCUT2D eigenvalue weighted by atomic mass is 9.82. The van der Waals surface area contributed by atoms with Gasteiger partial charge in [0.05, 0.1) is 5.52 Å². The summed E-state index contributed by atoms with van der Waals surface area (Å²) in [5.74, 6) is -0.158. The summed E-state index contributed by atoms with van der Waals surface area (Å²) in [4.78, 5) is 4.52. The van der Waals surface area contributed by atoms with Crippen LogP contribution in [0.1, 0.15) is 40.4 Å². The summed E-state index contributed by atoms with van der Waals surface area (Å²) in [7, 11) is 0. The summed E-state index contributed by atoms with van der Waals surface area (Å²) in [6.07, 6.45) is 1.73. The van der Waals surface area contributed by atoms with E-state index in [-0.39, 0.29) is 11.9 Å². The van der Waals surface area contributed by atoms with Gasteiger partial charge in [0.25, 0.3) is 0 Å². The Bertz CT molecular complexity index is 656. The van der Waals surface area contributed by atoms with Crippen molar-refractivity contribution < 1.29 is 4.39 Å². The quantitative estimate of drug-likeness (QED) is 0.772. The minimum absolute atomic E-state index is 0.0477. The summed E-state index contributed by atoms with van der Waals surface area (Å²) < 4.78 is 13.9. The zero-order chi connectivity index (χ0) is 13.0. The van der Waals surface area contributed by atoms with Crippen LogP contribution in [0.3, 0.4) is 0 Å². The minimum atomic E-state index is -0.158. The number of benzene rings is 1. The van der Waals surface area contributed by atoms with Gasteiger partial charge >= 0.3 is 0 Å². The number of nitrogens with zero attached hydrogens (tertiary/aromatic N) is 1. The topological polar surface area (TPSA) is 38.9 Å². The van der Waals surface area contributed by atoms with Crippen LogP contribution in [-0.4, -0.2) is 4.98 Å². The Hall–Kier alpha value is -1.48. The molecule has 1 unspecified atom stereocenters. The van der Waals surface area contributed by atoms with Crippen LogP contribution >= 0.6 is 0 Å². The normalized spacial score (nSPS) is 18.4. The molecule has 1 aliphatic carbocycles. The lowest BCUT2D eigenvalue weighted by Crippen LogP contribution is -2.20. The van der Waals surface area contributed by atoms with Crippen LogP contribution in [0.25, 0.3) is 10.9 Å². The molecular formula is C15H17FN2. The van der Waals surface area contributed by atoms with Gasteiger partial charge in [-0.2, -0.15) is 0 Å². The molecule has 1 atom stereocenters. The van der Waals surface area contributed by atoms with Crippen LogP contribution in [0.5, 0.6) is 0 Å². The first kappa shape index (κ1) is 11.6. The van der Waals surface area contributed by atoms with Gasteiger partial charge in [-0.3, -0.25) is 4.98 Å². The maximum absolute atomic E-state index is 13.9. The Balaban J connectivity index is 2.55. The summed E-state index contributed by atoms with van der Waals surface area (Å²) in [6.45, 7) is 5.87. The fraction of sp³-hybridized carbons (Fsp3) is 0.400. The van der Waals surface area contributed by atoms with E-state index >= 15 is 0 Å². The third-order valence-corrected chi connectivity index (χ3v) is 4.21. The molecule has 2 nitrogen and oxygen atoms in total. The van der Waals surface area contributed by atoms with Crippen LogP contribution in [0.2, 0.25) is 0 Å². The summed E-state index contributed by atoms with van der Waals surface area (Å²) >= 11 is 0. The first-order valence-electron chi connectivity index (χ1n) is 6.35. The highest BCUT2D eigenvalue weighted by Gasteiger charge is 2.25. The van der Waals surface area contributed by atoms with Crippen molar-refractivity contribution in [2.75, 3.05) is 0 Å². The molecule has 0 spiro atoms. The largest absolute Gasteiger partial charge is 0.324 e. The minimum Gasteiger partial charge on any atom is -0.324 e. The zero-order valence-corrected chi connectivity index (χ0v) is 11.0. The number of pyridine rings is 1. The third kappa shape index (κ3) is 1.40. The van der Waals surface area contributed by atoms with Gasteiger partial charge in [0.15, 0.2) is 0 Å². The van der Waals surface area contributed by atoms with E-state index in [4.69, 9.17) is 5.73 Å². The van der Waals surface area contributed by atoms with Gasteiger partial charge in [-0.15, -0.1) is 0 Å². The predicted molar refractivity (Wildman–Crippen MR) is 71.2 cm³/mol. The Morgan fingerprint density at radius 3 is 2.72 bits per heavy atom. The maximum atomic E-state index is 13.9. The van der Waals surface area contributed by atoms with Crippen molar-refractivity contribution in [3.8, 4) is 0 Å². The van der Waals surface area contributed by atoms with E-state index in [0.717, 1.165) is 46.1 Å². The fourth-order valence-corrected chi connectivity index (χ4v) is 3.04. The highest BCUT2D eigenvalue weighted by Crippen LogP contribution is 2.38. The SMILES string of the molecule is Cc1nc2cc(F)c(C)c3c2c(c1C)C(N)CC3. The summed E-state index contributed by atoms with van der Waals surface area (Å²) in [5.41, 5.74) is 12.1. The molecule has 1 aromatic heterocycles. The van der Waals surface area contributed by atoms with Crippen molar-refractivity contribution in [2.24, 2.45) is 5.73 Å². The van der Waals surface area contributed by atoms with Gasteiger partial charge < -0.3 is 5.73 Å². The molecule has 0 radical (unpaired) electrons. The zero-order valence-electron chi connectivity index (χ0n) is 11.0. The molecule has 1 aliphatic rings. The lowest BCUT2D eigenvalue weighted by molar-refractivity contribution is 0.602. The van der Waals surface area contributed by atoms with Crippen molar-refractivity contribution in [1.29, 1.82) is 0 Å². The van der Waals surface area contributed by atoms with Crippen LogP contribution in [0, 0.1) is 26.6 Å². The second-order valence-corrected chi connectivity index (χ2v) is 5.24. The number of rotatable bonds is 0. The second kappa shape index (κ2) is 3.75. The van der Waals surface area contributed by atoms with Crippen molar-refractivity contribution in [1.82, 2.24) is 4.98 Å². The number of aryl methyl sites for hydroxylation is 2. The van der Waals surface area contributed by atoms with E-state index in [1.165, 1.54) is 5.56 Å². The molecule has 1 heterocycles. The smallest absolute Gasteiger partial charge is 0.128 e. The Morgan fingerprint density at radius 1 is 1.28 bits per heavy atom. The highest BCUT2D eigenvalue weighted by molar-refractivity contribution is 5.89. The molecule has 0 aliphatic heterocycles. The van der Waals surface area contributed by atoms with Crippen LogP contribution < -0.4 is 5.73 Å². The molecule has 0 fully saturated rings. The van der Waals surface area contributed by atoms with Crippen molar-refractivity contribution in [3.05, 3.63) is 39.8 Å². The number of nitrogens with two attached hydrogens (primary N) is 1.